The Labute approximate surface area is 110 Å². The van der Waals surface area contributed by atoms with E-state index in [1.165, 1.54) is 29.2 Å². The molecule has 3 rings (SSSR count). The van der Waals surface area contributed by atoms with Crippen LogP contribution in [0.5, 0.6) is 0 Å². The zero-order valence-corrected chi connectivity index (χ0v) is 11.8. The Hall–Kier alpha value is -1.00. The lowest BCUT2D eigenvalue weighted by atomic mass is 10.1. The molecule has 1 aromatic rings. The first kappa shape index (κ1) is 13.4. The molecule has 1 aromatic heterocycles. The molecule has 0 atom stereocenters. The van der Waals surface area contributed by atoms with E-state index in [-0.39, 0.29) is 0 Å². The largest absolute Gasteiger partial charge is 0.311 e. The van der Waals surface area contributed by atoms with Crippen molar-refractivity contribution in [3.63, 3.8) is 0 Å². The zero-order valence-electron chi connectivity index (χ0n) is 11.8. The molecule has 3 heterocycles. The fourth-order valence-electron chi connectivity index (χ4n) is 2.47. The van der Waals surface area contributed by atoms with Crippen molar-refractivity contribution in [3.05, 3.63) is 22.8 Å². The molecule has 0 radical (unpaired) electrons. The smallest absolute Gasteiger partial charge is 0.0763 e. The second kappa shape index (κ2) is 6.25. The summed E-state index contributed by atoms with van der Waals surface area (Å²) < 4.78 is 0. The van der Waals surface area contributed by atoms with Crippen LogP contribution < -0.4 is 5.32 Å². The number of hydrogen-bond acceptors (Lipinski definition) is 4. The number of likely N-dealkylation sites (N-methyl/N-ethyl adjacent to an activating group) is 1. The highest BCUT2D eigenvalue weighted by Gasteiger charge is 2.19. The number of rotatable bonds is 0. The van der Waals surface area contributed by atoms with Gasteiger partial charge >= 0.3 is 0 Å². The first-order valence-corrected chi connectivity index (χ1v) is 7.10. The number of fused-ring (bicyclic) bond motifs is 2. The van der Waals surface area contributed by atoms with E-state index in [0.29, 0.717) is 0 Å². The van der Waals surface area contributed by atoms with Crippen molar-refractivity contribution in [2.45, 2.75) is 46.2 Å². The van der Waals surface area contributed by atoms with Crippen LogP contribution in [0.2, 0.25) is 0 Å². The average molecular weight is 248 g/mol. The van der Waals surface area contributed by atoms with Gasteiger partial charge in [0.25, 0.3) is 0 Å². The molecular weight excluding hydrogens is 224 g/mol. The van der Waals surface area contributed by atoms with Gasteiger partial charge in [0.05, 0.1) is 22.8 Å². The van der Waals surface area contributed by atoms with Gasteiger partial charge in [0.15, 0.2) is 0 Å². The van der Waals surface area contributed by atoms with Gasteiger partial charge in [-0.1, -0.05) is 13.8 Å². The molecule has 2 aliphatic rings. The van der Waals surface area contributed by atoms with Crippen LogP contribution in [0, 0.1) is 0 Å². The molecule has 0 bridgehead atoms. The molecule has 0 spiro atoms. The Balaban J connectivity index is 0.000000574. The Bertz CT molecular complexity index is 402. The van der Waals surface area contributed by atoms with Crippen LogP contribution in [0.15, 0.2) is 0 Å². The molecule has 0 aromatic carbocycles. The van der Waals surface area contributed by atoms with Crippen LogP contribution in [0.25, 0.3) is 0 Å². The molecule has 0 unspecified atom stereocenters. The minimum absolute atomic E-state index is 0.888. The third-order valence-corrected chi connectivity index (χ3v) is 3.42. The maximum Gasteiger partial charge on any atom is 0.0763 e. The molecule has 0 saturated heterocycles. The SMILES string of the molecule is CC.CN1CCc2nc3c(nc2C1)CNCCC3. The van der Waals surface area contributed by atoms with Crippen LogP contribution in [0.4, 0.5) is 0 Å². The summed E-state index contributed by atoms with van der Waals surface area (Å²) in [5, 5.41) is 3.41. The van der Waals surface area contributed by atoms with E-state index in [1.54, 1.807) is 0 Å². The summed E-state index contributed by atoms with van der Waals surface area (Å²) in [5.41, 5.74) is 4.83. The Kier molecular flexibility index (Phi) is 4.66. The summed E-state index contributed by atoms with van der Waals surface area (Å²) in [4.78, 5) is 11.9. The van der Waals surface area contributed by atoms with Crippen molar-refractivity contribution in [3.8, 4) is 0 Å². The summed E-state index contributed by atoms with van der Waals surface area (Å²) >= 11 is 0. The molecule has 0 fully saturated rings. The fraction of sp³-hybridized carbons (Fsp3) is 0.714. The van der Waals surface area contributed by atoms with Crippen LogP contribution in [0.3, 0.4) is 0 Å². The number of hydrogen-bond donors (Lipinski definition) is 1. The van der Waals surface area contributed by atoms with Crippen molar-refractivity contribution in [2.75, 3.05) is 20.1 Å². The second-order valence-corrected chi connectivity index (χ2v) is 4.78. The van der Waals surface area contributed by atoms with Crippen LogP contribution >= 0.6 is 0 Å². The van der Waals surface area contributed by atoms with Crippen LogP contribution in [0.1, 0.15) is 43.0 Å². The topological polar surface area (TPSA) is 41.1 Å². The maximum absolute atomic E-state index is 4.82. The molecule has 2 aliphatic heterocycles. The number of aromatic nitrogens is 2. The Morgan fingerprint density at radius 1 is 1.00 bits per heavy atom. The van der Waals surface area contributed by atoms with Gasteiger partial charge < -0.3 is 10.2 Å². The summed E-state index contributed by atoms with van der Waals surface area (Å²) in [7, 11) is 2.15. The minimum atomic E-state index is 0.888. The Morgan fingerprint density at radius 2 is 1.72 bits per heavy atom. The zero-order chi connectivity index (χ0) is 13.0. The van der Waals surface area contributed by atoms with Crippen molar-refractivity contribution in [1.29, 1.82) is 0 Å². The number of nitrogens with one attached hydrogen (secondary N) is 1. The highest BCUT2D eigenvalue weighted by Crippen LogP contribution is 2.18. The third-order valence-electron chi connectivity index (χ3n) is 3.42. The summed E-state index contributed by atoms with van der Waals surface area (Å²) in [6, 6.07) is 0. The maximum atomic E-state index is 4.82. The van der Waals surface area contributed by atoms with Crippen LogP contribution in [-0.4, -0.2) is 35.0 Å². The van der Waals surface area contributed by atoms with E-state index < -0.39 is 0 Å². The van der Waals surface area contributed by atoms with E-state index in [1.807, 2.05) is 13.8 Å². The predicted molar refractivity (Wildman–Crippen MR) is 73.4 cm³/mol. The predicted octanol–water partition coefficient (Wildman–Crippen LogP) is 1.53. The number of aryl methyl sites for hydroxylation is 1. The van der Waals surface area contributed by atoms with E-state index in [9.17, 15) is 0 Å². The van der Waals surface area contributed by atoms with Gasteiger partial charge in [0, 0.05) is 26.1 Å². The molecule has 4 heteroatoms. The lowest BCUT2D eigenvalue weighted by molar-refractivity contribution is 0.303. The molecule has 0 saturated carbocycles. The van der Waals surface area contributed by atoms with E-state index in [2.05, 4.69) is 17.3 Å². The summed E-state index contributed by atoms with van der Waals surface area (Å²) in [6.07, 6.45) is 3.32. The summed E-state index contributed by atoms with van der Waals surface area (Å²) in [5.74, 6) is 0. The van der Waals surface area contributed by atoms with Gasteiger partial charge in [0.1, 0.15) is 0 Å². The molecule has 1 N–H and O–H groups in total. The molecule has 0 amide bonds. The summed E-state index contributed by atoms with van der Waals surface area (Å²) in [6.45, 7) is 8.04. The van der Waals surface area contributed by atoms with Gasteiger partial charge in [-0.25, -0.2) is 0 Å². The van der Waals surface area contributed by atoms with Gasteiger partial charge in [-0.05, 0) is 26.4 Å². The Morgan fingerprint density at radius 3 is 2.56 bits per heavy atom. The van der Waals surface area contributed by atoms with Crippen molar-refractivity contribution in [2.24, 2.45) is 0 Å². The fourth-order valence-corrected chi connectivity index (χ4v) is 2.47. The quantitative estimate of drug-likeness (QED) is 0.756. The molecule has 0 aliphatic carbocycles. The lowest BCUT2D eigenvalue weighted by Crippen LogP contribution is -2.29. The van der Waals surface area contributed by atoms with Gasteiger partial charge in [0.2, 0.25) is 0 Å². The monoisotopic (exact) mass is 248 g/mol. The van der Waals surface area contributed by atoms with Gasteiger partial charge in [-0.15, -0.1) is 0 Å². The minimum Gasteiger partial charge on any atom is -0.311 e. The highest BCUT2D eigenvalue weighted by atomic mass is 15.1. The molecular formula is C14H24N4. The van der Waals surface area contributed by atoms with Crippen molar-refractivity contribution < 1.29 is 0 Å². The number of nitrogens with zero attached hydrogens (tertiary/aromatic N) is 3. The van der Waals surface area contributed by atoms with Crippen molar-refractivity contribution in [1.82, 2.24) is 20.2 Å². The lowest BCUT2D eigenvalue weighted by Gasteiger charge is -2.24. The van der Waals surface area contributed by atoms with Crippen molar-refractivity contribution >= 4 is 0 Å². The third kappa shape index (κ3) is 2.87. The highest BCUT2D eigenvalue weighted by molar-refractivity contribution is 5.23. The van der Waals surface area contributed by atoms with Gasteiger partial charge in [-0.3, -0.25) is 9.97 Å². The first-order valence-electron chi connectivity index (χ1n) is 7.10. The van der Waals surface area contributed by atoms with E-state index >= 15 is 0 Å². The molecule has 18 heavy (non-hydrogen) atoms. The average Bonchev–Trinajstić information content (AvgIpc) is 2.63. The molecule has 100 valence electrons. The second-order valence-electron chi connectivity index (χ2n) is 4.78. The van der Waals surface area contributed by atoms with E-state index in [4.69, 9.17) is 9.97 Å². The van der Waals surface area contributed by atoms with Crippen LogP contribution in [-0.2, 0) is 25.9 Å². The first-order chi connectivity index (χ1) is 8.83. The van der Waals surface area contributed by atoms with Gasteiger partial charge in [-0.2, -0.15) is 0 Å². The molecule has 4 nitrogen and oxygen atoms in total. The standard InChI is InChI=1S/C12H18N4.C2H6/c1-16-6-4-10-12(8-16)15-11-7-13-5-2-3-9(11)14-10;1-2/h13H,2-8H2,1H3;1-2H3. The normalized spacial score (nSPS) is 19.1. The van der Waals surface area contributed by atoms with E-state index in [0.717, 1.165) is 39.0 Å².